The van der Waals surface area contributed by atoms with Crippen molar-refractivity contribution in [2.45, 2.75) is 36.0 Å². The van der Waals surface area contributed by atoms with E-state index in [4.69, 9.17) is 0 Å². The molecule has 4 rings (SSSR count). The topological polar surface area (TPSA) is 63.2 Å². The fraction of sp³-hybridized carbons (Fsp3) is 0.250. The Morgan fingerprint density at radius 2 is 1.17 bits per heavy atom. The standard InChI is InChI=1S/C24H26NO3PS/c26-29(21-14-4-1-5-15-21,22-16-6-2-7-17-22)25-24(20-12-10-11-13-20)30(27,28)23-18-8-3-9-19-23/h1-9,14-20,24H,10-13H2,(H,25,26). The van der Waals surface area contributed by atoms with Gasteiger partial charge in [0.2, 0.25) is 7.29 Å². The molecule has 0 radical (unpaired) electrons. The molecular weight excluding hydrogens is 413 g/mol. The van der Waals surface area contributed by atoms with Crippen molar-refractivity contribution >= 4 is 27.7 Å². The summed E-state index contributed by atoms with van der Waals surface area (Å²) >= 11 is 0. The van der Waals surface area contributed by atoms with Gasteiger partial charge in [-0.15, -0.1) is 0 Å². The van der Waals surface area contributed by atoms with Crippen LogP contribution in [-0.2, 0) is 14.4 Å². The van der Waals surface area contributed by atoms with Crippen LogP contribution in [0.15, 0.2) is 95.9 Å². The molecule has 30 heavy (non-hydrogen) atoms. The molecular formula is C24H26NO3PS. The summed E-state index contributed by atoms with van der Waals surface area (Å²) in [5, 5.41) is 3.53. The molecule has 0 amide bonds. The molecule has 0 aromatic heterocycles. The van der Waals surface area contributed by atoms with Crippen molar-refractivity contribution in [3.63, 3.8) is 0 Å². The average molecular weight is 440 g/mol. The maximum atomic E-state index is 14.5. The van der Waals surface area contributed by atoms with Crippen molar-refractivity contribution in [1.29, 1.82) is 0 Å². The number of hydrogen-bond donors (Lipinski definition) is 1. The molecule has 0 bridgehead atoms. The van der Waals surface area contributed by atoms with Crippen molar-refractivity contribution in [1.82, 2.24) is 5.09 Å². The lowest BCUT2D eigenvalue weighted by Crippen LogP contribution is -2.44. The Morgan fingerprint density at radius 3 is 1.63 bits per heavy atom. The fourth-order valence-corrected chi connectivity index (χ4v) is 9.16. The van der Waals surface area contributed by atoms with Crippen molar-refractivity contribution in [2.24, 2.45) is 5.92 Å². The quantitative estimate of drug-likeness (QED) is 0.551. The van der Waals surface area contributed by atoms with Crippen LogP contribution in [0.2, 0.25) is 0 Å². The smallest absolute Gasteiger partial charge is 0.205 e. The Bertz CT molecular complexity index is 1070. The lowest BCUT2D eigenvalue weighted by atomic mass is 10.1. The van der Waals surface area contributed by atoms with Gasteiger partial charge >= 0.3 is 0 Å². The highest BCUT2D eigenvalue weighted by molar-refractivity contribution is 7.92. The minimum absolute atomic E-state index is 0.0732. The zero-order valence-corrected chi connectivity index (χ0v) is 18.4. The third-order valence-corrected chi connectivity index (χ3v) is 10.8. The maximum absolute atomic E-state index is 14.5. The first kappa shape index (κ1) is 21.0. The molecule has 156 valence electrons. The monoisotopic (exact) mass is 439 g/mol. The number of hydrogen-bond acceptors (Lipinski definition) is 3. The van der Waals surface area contributed by atoms with E-state index in [1.54, 1.807) is 30.3 Å². The van der Waals surface area contributed by atoms with Gasteiger partial charge in [0.15, 0.2) is 9.84 Å². The number of rotatable bonds is 7. The van der Waals surface area contributed by atoms with Crippen LogP contribution in [0.5, 0.6) is 0 Å². The highest BCUT2D eigenvalue weighted by Gasteiger charge is 2.41. The Kier molecular flexibility index (Phi) is 6.24. The first-order chi connectivity index (χ1) is 14.5. The fourth-order valence-electron chi connectivity index (χ4n) is 4.20. The van der Waals surface area contributed by atoms with E-state index in [-0.39, 0.29) is 10.8 Å². The van der Waals surface area contributed by atoms with Crippen LogP contribution < -0.4 is 15.7 Å². The van der Waals surface area contributed by atoms with Gasteiger partial charge in [-0.25, -0.2) is 13.5 Å². The minimum atomic E-state index is -3.72. The molecule has 1 fully saturated rings. The molecule has 0 spiro atoms. The second kappa shape index (κ2) is 8.89. The van der Waals surface area contributed by atoms with E-state index in [2.05, 4.69) is 5.09 Å². The maximum Gasteiger partial charge on any atom is 0.205 e. The summed E-state index contributed by atoms with van der Waals surface area (Å²) in [4.78, 5) is 0.266. The van der Waals surface area contributed by atoms with Gasteiger partial charge in [0.05, 0.1) is 4.90 Å². The van der Waals surface area contributed by atoms with Crippen LogP contribution in [0, 0.1) is 5.92 Å². The van der Waals surface area contributed by atoms with Crippen LogP contribution in [0.4, 0.5) is 0 Å². The Balaban J connectivity index is 1.83. The van der Waals surface area contributed by atoms with Gasteiger partial charge in [-0.05, 0) is 55.2 Å². The van der Waals surface area contributed by atoms with Gasteiger partial charge < -0.3 is 0 Å². The summed E-state index contributed by atoms with van der Waals surface area (Å²) in [6, 6.07) is 26.8. The lowest BCUT2D eigenvalue weighted by molar-refractivity contribution is 0.464. The number of benzene rings is 3. The Labute approximate surface area is 178 Å². The number of sulfone groups is 1. The second-order valence-corrected chi connectivity index (χ2v) is 12.3. The van der Waals surface area contributed by atoms with Gasteiger partial charge in [0.25, 0.3) is 0 Å². The van der Waals surface area contributed by atoms with Gasteiger partial charge in [0, 0.05) is 10.6 Å². The molecule has 1 unspecified atom stereocenters. The van der Waals surface area contributed by atoms with Crippen LogP contribution in [0.1, 0.15) is 25.7 Å². The summed E-state index contributed by atoms with van der Waals surface area (Å²) in [7, 11) is -7.10. The summed E-state index contributed by atoms with van der Waals surface area (Å²) < 4.78 is 41.8. The second-order valence-electron chi connectivity index (χ2n) is 7.73. The van der Waals surface area contributed by atoms with Crippen molar-refractivity contribution in [3.8, 4) is 0 Å². The normalized spacial score (nSPS) is 16.4. The zero-order valence-electron chi connectivity index (χ0n) is 16.7. The van der Waals surface area contributed by atoms with Crippen LogP contribution in [0.25, 0.3) is 0 Å². The van der Waals surface area contributed by atoms with Gasteiger partial charge in [-0.1, -0.05) is 67.4 Å². The molecule has 1 saturated carbocycles. The van der Waals surface area contributed by atoms with Crippen LogP contribution in [-0.4, -0.2) is 13.8 Å². The molecule has 1 aliphatic carbocycles. The molecule has 0 aliphatic heterocycles. The van der Waals surface area contributed by atoms with E-state index < -0.39 is 22.5 Å². The highest BCUT2D eigenvalue weighted by atomic mass is 32.2. The highest BCUT2D eigenvalue weighted by Crippen LogP contribution is 2.43. The van der Waals surface area contributed by atoms with Gasteiger partial charge in [0.1, 0.15) is 5.37 Å². The third kappa shape index (κ3) is 4.15. The van der Waals surface area contributed by atoms with E-state index in [1.165, 1.54) is 0 Å². The van der Waals surface area contributed by atoms with Crippen LogP contribution >= 0.6 is 7.29 Å². The molecule has 4 nitrogen and oxygen atoms in total. The van der Waals surface area contributed by atoms with Gasteiger partial charge in [-0.2, -0.15) is 0 Å². The summed E-state index contributed by atoms with van der Waals surface area (Å²) in [5.41, 5.74) is 0. The van der Waals surface area contributed by atoms with E-state index >= 15 is 0 Å². The van der Waals surface area contributed by atoms with Crippen molar-refractivity contribution in [2.75, 3.05) is 0 Å². The molecule has 0 saturated heterocycles. The SMILES string of the molecule is O=P(NC(C1CCCC1)S(=O)(=O)c1ccccc1)(c1ccccc1)c1ccccc1. The molecule has 6 heteroatoms. The van der Waals surface area contributed by atoms with Gasteiger partial charge in [-0.3, -0.25) is 4.57 Å². The summed E-state index contributed by atoms with van der Waals surface area (Å²) in [6.45, 7) is 0. The summed E-state index contributed by atoms with van der Waals surface area (Å²) in [6.07, 6.45) is 3.61. The van der Waals surface area contributed by atoms with Crippen LogP contribution in [0.3, 0.4) is 0 Å². The van der Waals surface area contributed by atoms with E-state index in [9.17, 15) is 13.0 Å². The predicted octanol–water partition coefficient (Wildman–Crippen LogP) is 4.50. The third-order valence-electron chi connectivity index (χ3n) is 5.78. The Morgan fingerprint density at radius 1 is 0.733 bits per heavy atom. The van der Waals surface area contributed by atoms with Crippen molar-refractivity contribution in [3.05, 3.63) is 91.0 Å². The number of nitrogens with one attached hydrogen (secondary N) is 1. The molecule has 0 heterocycles. The predicted molar refractivity (Wildman–Crippen MR) is 122 cm³/mol. The molecule has 1 atom stereocenters. The van der Waals surface area contributed by atoms with Crippen molar-refractivity contribution < 1.29 is 13.0 Å². The first-order valence-corrected chi connectivity index (χ1v) is 13.6. The van der Waals surface area contributed by atoms with E-state index in [1.807, 2.05) is 60.7 Å². The van der Waals surface area contributed by atoms with E-state index in [0.717, 1.165) is 25.7 Å². The molecule has 1 aliphatic rings. The Hall–Kier alpha value is -2.20. The molecule has 1 N–H and O–H groups in total. The average Bonchev–Trinajstić information content (AvgIpc) is 3.33. The molecule has 3 aromatic carbocycles. The first-order valence-electron chi connectivity index (χ1n) is 10.3. The lowest BCUT2D eigenvalue weighted by Gasteiger charge is -2.30. The summed E-state index contributed by atoms with van der Waals surface area (Å²) in [5.74, 6) is -0.0732. The van der Waals surface area contributed by atoms with E-state index in [0.29, 0.717) is 10.6 Å². The largest absolute Gasteiger partial charge is 0.296 e. The zero-order chi connectivity index (χ0) is 21.0. The molecule has 3 aromatic rings. The minimum Gasteiger partial charge on any atom is -0.296 e.